The van der Waals surface area contributed by atoms with Gasteiger partial charge in [0.05, 0.1) is 6.54 Å². The van der Waals surface area contributed by atoms with Crippen molar-refractivity contribution in [1.82, 2.24) is 14.8 Å². The molecule has 0 saturated heterocycles. The molecule has 0 aliphatic rings. The summed E-state index contributed by atoms with van der Waals surface area (Å²) < 4.78 is 2.06. The van der Waals surface area contributed by atoms with Crippen LogP contribution in [-0.2, 0) is 13.1 Å². The van der Waals surface area contributed by atoms with Crippen LogP contribution in [0.25, 0.3) is 0 Å². The summed E-state index contributed by atoms with van der Waals surface area (Å²) in [5.74, 6) is 1.64. The van der Waals surface area contributed by atoms with Gasteiger partial charge in [0.25, 0.3) is 0 Å². The molecule has 0 saturated carbocycles. The van der Waals surface area contributed by atoms with Crippen molar-refractivity contribution in [2.24, 2.45) is 5.73 Å². The first-order valence-electron chi connectivity index (χ1n) is 4.83. The van der Waals surface area contributed by atoms with E-state index in [1.54, 1.807) is 11.8 Å². The van der Waals surface area contributed by atoms with Crippen LogP contribution in [0.5, 0.6) is 0 Å². The summed E-state index contributed by atoms with van der Waals surface area (Å²) in [4.78, 5) is 0. The Morgan fingerprint density at radius 1 is 1.53 bits per heavy atom. The molecule has 2 N–H and O–H groups in total. The number of nitrogens with two attached hydrogens (primary N) is 1. The van der Waals surface area contributed by atoms with Crippen molar-refractivity contribution in [3.05, 3.63) is 17.4 Å². The minimum absolute atomic E-state index is 0.429. The fourth-order valence-electron chi connectivity index (χ4n) is 1.18. The molecular weight excluding hydrogens is 232 g/mol. The van der Waals surface area contributed by atoms with Crippen molar-refractivity contribution in [3.63, 3.8) is 0 Å². The summed E-state index contributed by atoms with van der Waals surface area (Å²) >= 11 is 7.05. The van der Waals surface area contributed by atoms with Gasteiger partial charge in [0.15, 0.2) is 5.16 Å². The summed E-state index contributed by atoms with van der Waals surface area (Å²) in [6, 6.07) is 0. The highest BCUT2D eigenvalue weighted by Gasteiger charge is 2.09. The normalized spacial score (nSPS) is 11.4. The molecule has 0 fully saturated rings. The van der Waals surface area contributed by atoms with Gasteiger partial charge in [0.1, 0.15) is 5.82 Å². The molecule has 15 heavy (non-hydrogen) atoms. The largest absolute Gasteiger partial charge is 0.324 e. The zero-order chi connectivity index (χ0) is 11.1. The Morgan fingerprint density at radius 2 is 2.33 bits per heavy atom. The predicted octanol–water partition coefficient (Wildman–Crippen LogP) is 1.99. The lowest BCUT2D eigenvalue weighted by molar-refractivity contribution is 0.592. The molecule has 0 aliphatic heterocycles. The van der Waals surface area contributed by atoms with E-state index in [2.05, 4.69) is 21.7 Å². The van der Waals surface area contributed by atoms with E-state index in [0.29, 0.717) is 6.54 Å². The van der Waals surface area contributed by atoms with Gasteiger partial charge in [0.2, 0.25) is 0 Å². The standard InChI is InChI=1S/C9H15ClN4S/c1-2-5-14-8(7-11)12-13-9(14)15-6-3-4-10/h3-4H,2,5-7,11H2,1H3. The molecule has 84 valence electrons. The molecule has 0 amide bonds. The topological polar surface area (TPSA) is 56.7 Å². The summed E-state index contributed by atoms with van der Waals surface area (Å²) in [7, 11) is 0. The molecule has 0 atom stereocenters. The average molecular weight is 247 g/mol. The van der Waals surface area contributed by atoms with Crippen LogP contribution in [-0.4, -0.2) is 20.5 Å². The van der Waals surface area contributed by atoms with Gasteiger partial charge in [-0.05, 0) is 6.42 Å². The second kappa shape index (κ2) is 6.87. The van der Waals surface area contributed by atoms with E-state index in [1.807, 2.05) is 6.08 Å². The minimum Gasteiger partial charge on any atom is -0.324 e. The van der Waals surface area contributed by atoms with Gasteiger partial charge in [-0.2, -0.15) is 0 Å². The van der Waals surface area contributed by atoms with Crippen LogP contribution in [0.2, 0.25) is 0 Å². The van der Waals surface area contributed by atoms with E-state index in [1.165, 1.54) is 5.54 Å². The molecule has 1 aromatic rings. The van der Waals surface area contributed by atoms with Crippen molar-refractivity contribution < 1.29 is 0 Å². The third-order valence-corrected chi connectivity index (χ3v) is 2.92. The van der Waals surface area contributed by atoms with Crippen LogP contribution in [0.15, 0.2) is 16.8 Å². The Balaban J connectivity index is 2.72. The highest BCUT2D eigenvalue weighted by atomic mass is 35.5. The smallest absolute Gasteiger partial charge is 0.191 e. The third-order valence-electron chi connectivity index (χ3n) is 1.82. The predicted molar refractivity (Wildman–Crippen MR) is 63.9 cm³/mol. The van der Waals surface area contributed by atoms with Crippen LogP contribution in [0.4, 0.5) is 0 Å². The number of rotatable bonds is 6. The molecule has 4 nitrogen and oxygen atoms in total. The molecule has 0 aliphatic carbocycles. The Bertz CT molecular complexity index is 324. The molecule has 6 heteroatoms. The fourth-order valence-corrected chi connectivity index (χ4v) is 2.17. The summed E-state index contributed by atoms with van der Waals surface area (Å²) in [5, 5.41) is 9.05. The lowest BCUT2D eigenvalue weighted by Crippen LogP contribution is -2.09. The van der Waals surface area contributed by atoms with Gasteiger partial charge in [-0.15, -0.1) is 10.2 Å². The zero-order valence-corrected chi connectivity index (χ0v) is 10.3. The first-order valence-corrected chi connectivity index (χ1v) is 6.25. The highest BCUT2D eigenvalue weighted by molar-refractivity contribution is 7.99. The van der Waals surface area contributed by atoms with Gasteiger partial charge < -0.3 is 10.3 Å². The van der Waals surface area contributed by atoms with E-state index in [9.17, 15) is 0 Å². The lowest BCUT2D eigenvalue weighted by Gasteiger charge is -2.06. The van der Waals surface area contributed by atoms with Gasteiger partial charge in [-0.1, -0.05) is 36.4 Å². The van der Waals surface area contributed by atoms with E-state index in [0.717, 1.165) is 29.7 Å². The third kappa shape index (κ3) is 3.52. The Hall–Kier alpha value is -0.520. The van der Waals surface area contributed by atoms with Crippen LogP contribution in [0.3, 0.4) is 0 Å². The number of halogens is 1. The molecule has 0 radical (unpaired) electrons. The van der Waals surface area contributed by atoms with Crippen molar-refractivity contribution in [2.75, 3.05) is 5.75 Å². The number of aromatic nitrogens is 3. The molecular formula is C9H15ClN4S. The average Bonchev–Trinajstić information content (AvgIpc) is 2.62. The number of hydrogen-bond donors (Lipinski definition) is 1. The first kappa shape index (κ1) is 12.5. The zero-order valence-electron chi connectivity index (χ0n) is 8.69. The fraction of sp³-hybridized carbons (Fsp3) is 0.556. The molecule has 0 bridgehead atoms. The van der Waals surface area contributed by atoms with Crippen LogP contribution in [0, 0.1) is 0 Å². The van der Waals surface area contributed by atoms with Crippen molar-refractivity contribution >= 4 is 23.4 Å². The van der Waals surface area contributed by atoms with Crippen LogP contribution < -0.4 is 5.73 Å². The number of thioether (sulfide) groups is 1. The van der Waals surface area contributed by atoms with E-state index < -0.39 is 0 Å². The molecule has 0 aromatic carbocycles. The number of hydrogen-bond acceptors (Lipinski definition) is 4. The highest BCUT2D eigenvalue weighted by Crippen LogP contribution is 2.17. The van der Waals surface area contributed by atoms with Crippen molar-refractivity contribution in [3.8, 4) is 0 Å². The molecule has 0 spiro atoms. The first-order chi connectivity index (χ1) is 7.33. The minimum atomic E-state index is 0.429. The molecule has 0 unspecified atom stereocenters. The Labute approximate surface area is 98.9 Å². The quantitative estimate of drug-likeness (QED) is 0.780. The van der Waals surface area contributed by atoms with Crippen molar-refractivity contribution in [1.29, 1.82) is 0 Å². The second-order valence-corrected chi connectivity index (χ2v) is 4.17. The lowest BCUT2D eigenvalue weighted by atomic mass is 10.4. The summed E-state index contributed by atoms with van der Waals surface area (Å²) in [6.45, 7) is 3.46. The Kier molecular flexibility index (Phi) is 5.75. The maximum atomic E-state index is 5.58. The monoisotopic (exact) mass is 246 g/mol. The molecule has 1 rings (SSSR count). The van der Waals surface area contributed by atoms with Crippen LogP contribution in [0.1, 0.15) is 19.2 Å². The molecule has 1 aromatic heterocycles. The van der Waals surface area contributed by atoms with Gasteiger partial charge in [0, 0.05) is 17.8 Å². The van der Waals surface area contributed by atoms with E-state index in [4.69, 9.17) is 17.3 Å². The molecule has 1 heterocycles. The van der Waals surface area contributed by atoms with Gasteiger partial charge >= 0.3 is 0 Å². The van der Waals surface area contributed by atoms with E-state index in [-0.39, 0.29) is 0 Å². The Morgan fingerprint density at radius 3 is 2.93 bits per heavy atom. The van der Waals surface area contributed by atoms with E-state index >= 15 is 0 Å². The van der Waals surface area contributed by atoms with Crippen LogP contribution >= 0.6 is 23.4 Å². The van der Waals surface area contributed by atoms with Gasteiger partial charge in [-0.25, -0.2) is 0 Å². The van der Waals surface area contributed by atoms with Gasteiger partial charge in [-0.3, -0.25) is 0 Å². The summed E-state index contributed by atoms with van der Waals surface area (Å²) in [6.07, 6.45) is 2.92. The number of nitrogens with zero attached hydrogens (tertiary/aromatic N) is 3. The maximum Gasteiger partial charge on any atom is 0.191 e. The second-order valence-electron chi connectivity index (χ2n) is 2.93. The maximum absolute atomic E-state index is 5.58. The SMILES string of the molecule is CCCn1c(CN)nnc1SCC=CCl. The van der Waals surface area contributed by atoms with Crippen molar-refractivity contribution in [2.45, 2.75) is 31.6 Å². The summed E-state index contributed by atoms with van der Waals surface area (Å²) in [5.41, 5.74) is 7.09.